The second kappa shape index (κ2) is 14.2. The van der Waals surface area contributed by atoms with E-state index in [1.54, 1.807) is 37.8 Å². The number of carbonyl (C=O) groups is 3. The van der Waals surface area contributed by atoms with E-state index in [9.17, 15) is 19.5 Å². The van der Waals surface area contributed by atoms with Gasteiger partial charge in [0.05, 0.1) is 0 Å². The van der Waals surface area contributed by atoms with E-state index < -0.39 is 29.3 Å². The minimum atomic E-state index is -0.930. The lowest BCUT2D eigenvalue weighted by Gasteiger charge is -2.37. The molecule has 1 rings (SSSR count). The van der Waals surface area contributed by atoms with E-state index in [0.717, 1.165) is 25.7 Å². The molecule has 3 N–H and O–H groups in total. The fraction of sp³-hybridized carbons (Fsp3) is 0.690. The number of ether oxygens (including phenoxy) is 1. The Morgan fingerprint density at radius 3 is 2.05 bits per heavy atom. The molecule has 210 valence electrons. The van der Waals surface area contributed by atoms with Crippen LogP contribution in [0.2, 0.25) is 0 Å². The van der Waals surface area contributed by atoms with Crippen LogP contribution < -0.4 is 10.6 Å². The SMILES string of the molecule is CCCCCCN(C(=O)C(NC(=O)OC(C)(C)C)C(C)CC)C(C(=O)NC(C)(C)C)c1ccc(O)cc1. The van der Waals surface area contributed by atoms with Crippen LogP contribution in [-0.2, 0) is 14.3 Å². The van der Waals surface area contributed by atoms with Crippen LogP contribution in [0.1, 0.15) is 106 Å². The van der Waals surface area contributed by atoms with Crippen molar-refractivity contribution in [3.63, 3.8) is 0 Å². The highest BCUT2D eigenvalue weighted by Gasteiger charge is 2.38. The van der Waals surface area contributed by atoms with Crippen LogP contribution in [0.5, 0.6) is 5.75 Å². The van der Waals surface area contributed by atoms with Crippen molar-refractivity contribution in [1.82, 2.24) is 15.5 Å². The van der Waals surface area contributed by atoms with Crippen molar-refractivity contribution in [3.05, 3.63) is 29.8 Å². The van der Waals surface area contributed by atoms with Crippen LogP contribution in [0.25, 0.3) is 0 Å². The lowest BCUT2D eigenvalue weighted by Crippen LogP contribution is -2.56. The number of nitrogens with one attached hydrogen (secondary N) is 2. The first kappa shape index (κ1) is 32.3. The molecule has 0 fully saturated rings. The monoisotopic (exact) mass is 519 g/mol. The molecule has 8 heteroatoms. The van der Waals surface area contributed by atoms with Gasteiger partial charge in [-0.2, -0.15) is 0 Å². The third-order valence-electron chi connectivity index (χ3n) is 5.95. The minimum absolute atomic E-state index is 0.0728. The maximum Gasteiger partial charge on any atom is 0.408 e. The Hall–Kier alpha value is -2.77. The Morgan fingerprint density at radius 1 is 0.973 bits per heavy atom. The van der Waals surface area contributed by atoms with Crippen molar-refractivity contribution in [2.24, 2.45) is 5.92 Å². The summed E-state index contributed by atoms with van der Waals surface area (Å²) in [6.45, 7) is 17.3. The van der Waals surface area contributed by atoms with Crippen LogP contribution in [0.4, 0.5) is 4.79 Å². The summed E-state index contributed by atoms with van der Waals surface area (Å²) in [4.78, 5) is 42.1. The Bertz CT molecular complexity index is 871. The average molecular weight is 520 g/mol. The summed E-state index contributed by atoms with van der Waals surface area (Å²) in [6, 6.07) is 4.55. The predicted molar refractivity (Wildman–Crippen MR) is 147 cm³/mol. The Balaban J connectivity index is 3.53. The number of benzene rings is 1. The molecular weight excluding hydrogens is 470 g/mol. The number of phenols is 1. The molecule has 0 heterocycles. The van der Waals surface area contributed by atoms with Gasteiger partial charge in [0.1, 0.15) is 23.4 Å². The van der Waals surface area contributed by atoms with Gasteiger partial charge in [0.25, 0.3) is 0 Å². The van der Waals surface area contributed by atoms with Gasteiger partial charge in [-0.25, -0.2) is 4.79 Å². The topological polar surface area (TPSA) is 108 Å². The molecule has 0 saturated heterocycles. The maximum atomic E-state index is 14.2. The molecule has 8 nitrogen and oxygen atoms in total. The van der Waals surface area contributed by atoms with Gasteiger partial charge in [-0.1, -0.05) is 58.6 Å². The largest absolute Gasteiger partial charge is 0.508 e. The minimum Gasteiger partial charge on any atom is -0.508 e. The van der Waals surface area contributed by atoms with Crippen molar-refractivity contribution in [2.45, 2.75) is 118 Å². The Labute approximate surface area is 223 Å². The van der Waals surface area contributed by atoms with Gasteiger partial charge in [-0.3, -0.25) is 9.59 Å². The number of nitrogens with zero attached hydrogens (tertiary/aromatic N) is 1. The number of phenolic OH excluding ortho intramolecular Hbond substituents is 1. The Kier molecular flexibility index (Phi) is 12.4. The third kappa shape index (κ3) is 11.4. The van der Waals surface area contributed by atoms with Gasteiger partial charge in [-0.05, 0) is 71.6 Å². The quantitative estimate of drug-likeness (QED) is 0.307. The van der Waals surface area contributed by atoms with Crippen molar-refractivity contribution >= 4 is 17.9 Å². The fourth-order valence-corrected chi connectivity index (χ4v) is 3.94. The van der Waals surface area contributed by atoms with Gasteiger partial charge in [0.2, 0.25) is 11.8 Å². The number of aromatic hydroxyl groups is 1. The van der Waals surface area contributed by atoms with Crippen molar-refractivity contribution in [1.29, 1.82) is 0 Å². The molecule has 0 radical (unpaired) electrons. The number of hydrogen-bond acceptors (Lipinski definition) is 5. The summed E-state index contributed by atoms with van der Waals surface area (Å²) in [5, 5.41) is 15.7. The number of carbonyl (C=O) groups excluding carboxylic acids is 3. The van der Waals surface area contributed by atoms with Crippen LogP contribution in [0.15, 0.2) is 24.3 Å². The second-order valence-electron chi connectivity index (χ2n) is 11.8. The van der Waals surface area contributed by atoms with E-state index in [1.807, 2.05) is 34.6 Å². The molecule has 1 aromatic carbocycles. The zero-order chi connectivity index (χ0) is 28.4. The number of unbranched alkanes of at least 4 members (excludes halogenated alkanes) is 3. The van der Waals surface area contributed by atoms with Gasteiger partial charge < -0.3 is 25.4 Å². The molecule has 0 bridgehead atoms. The molecule has 37 heavy (non-hydrogen) atoms. The summed E-state index contributed by atoms with van der Waals surface area (Å²) in [6.07, 6.45) is 3.67. The second-order valence-corrected chi connectivity index (χ2v) is 11.8. The number of alkyl carbamates (subject to hydrolysis) is 1. The molecule has 0 spiro atoms. The van der Waals surface area contributed by atoms with Crippen LogP contribution in [0, 0.1) is 5.92 Å². The fourth-order valence-electron chi connectivity index (χ4n) is 3.94. The van der Waals surface area contributed by atoms with Crippen molar-refractivity contribution < 1.29 is 24.2 Å². The van der Waals surface area contributed by atoms with Gasteiger partial charge in [0, 0.05) is 12.1 Å². The first-order valence-corrected chi connectivity index (χ1v) is 13.5. The number of amides is 3. The molecule has 3 amide bonds. The number of rotatable bonds is 12. The predicted octanol–water partition coefficient (Wildman–Crippen LogP) is 5.70. The standard InChI is InChI=1S/C29H49N3O5/c1-10-12-13-14-19-32(26(35)23(20(3)11-2)30-27(36)37-29(7,8)9)24(25(34)31-28(4,5)6)21-15-17-22(33)18-16-21/h15-18,20,23-24,33H,10-14,19H2,1-9H3,(H,30,36)(H,31,34). The van der Waals surface area contributed by atoms with Crippen LogP contribution in [0.3, 0.4) is 0 Å². The number of hydrogen-bond donors (Lipinski definition) is 3. The van der Waals surface area contributed by atoms with Crippen molar-refractivity contribution in [2.75, 3.05) is 6.54 Å². The molecular formula is C29H49N3O5. The smallest absolute Gasteiger partial charge is 0.408 e. The lowest BCUT2D eigenvalue weighted by atomic mass is 9.95. The molecule has 0 aliphatic carbocycles. The average Bonchev–Trinajstić information content (AvgIpc) is 2.77. The van der Waals surface area contributed by atoms with E-state index in [0.29, 0.717) is 18.5 Å². The third-order valence-corrected chi connectivity index (χ3v) is 5.95. The van der Waals surface area contributed by atoms with Crippen LogP contribution >= 0.6 is 0 Å². The molecule has 0 aliphatic heterocycles. The van der Waals surface area contributed by atoms with Crippen LogP contribution in [-0.4, -0.2) is 51.6 Å². The van der Waals surface area contributed by atoms with E-state index >= 15 is 0 Å². The summed E-state index contributed by atoms with van der Waals surface area (Å²) in [5.41, 5.74) is -0.647. The molecule has 0 aromatic heterocycles. The molecule has 0 saturated carbocycles. The summed E-state index contributed by atoms with van der Waals surface area (Å²) < 4.78 is 5.45. The lowest BCUT2D eigenvalue weighted by molar-refractivity contribution is -0.144. The highest BCUT2D eigenvalue weighted by atomic mass is 16.6. The normalized spacial score (nSPS) is 14.3. The highest BCUT2D eigenvalue weighted by molar-refractivity contribution is 5.92. The molecule has 0 aliphatic rings. The first-order chi connectivity index (χ1) is 17.1. The van der Waals surface area contributed by atoms with Gasteiger partial charge >= 0.3 is 6.09 Å². The summed E-state index contributed by atoms with van der Waals surface area (Å²) in [5.74, 6) is -0.769. The van der Waals surface area contributed by atoms with E-state index in [2.05, 4.69) is 17.6 Å². The summed E-state index contributed by atoms with van der Waals surface area (Å²) >= 11 is 0. The van der Waals surface area contributed by atoms with E-state index in [4.69, 9.17) is 4.74 Å². The van der Waals surface area contributed by atoms with Gasteiger partial charge in [-0.15, -0.1) is 0 Å². The first-order valence-electron chi connectivity index (χ1n) is 13.5. The summed E-state index contributed by atoms with van der Waals surface area (Å²) in [7, 11) is 0. The van der Waals surface area contributed by atoms with Crippen molar-refractivity contribution in [3.8, 4) is 5.75 Å². The van der Waals surface area contributed by atoms with E-state index in [1.165, 1.54) is 12.1 Å². The zero-order valence-corrected chi connectivity index (χ0v) is 24.3. The maximum absolute atomic E-state index is 14.2. The Morgan fingerprint density at radius 2 is 1.57 bits per heavy atom. The van der Waals surface area contributed by atoms with E-state index in [-0.39, 0.29) is 23.5 Å². The molecule has 1 aromatic rings. The molecule has 3 atom stereocenters. The van der Waals surface area contributed by atoms with Gasteiger partial charge in [0.15, 0.2) is 0 Å². The zero-order valence-electron chi connectivity index (χ0n) is 24.3. The molecule has 3 unspecified atom stereocenters. The highest BCUT2D eigenvalue weighted by Crippen LogP contribution is 2.27.